The van der Waals surface area contributed by atoms with Gasteiger partial charge in [0.25, 0.3) is 0 Å². The molecule has 0 bridgehead atoms. The molecule has 0 fully saturated rings. The Morgan fingerprint density at radius 1 is 1.04 bits per heavy atom. The lowest BCUT2D eigenvalue weighted by Crippen LogP contribution is -2.38. The average Bonchev–Trinajstić information content (AvgIpc) is 2.67. The summed E-state index contributed by atoms with van der Waals surface area (Å²) in [6.45, 7) is 9.95. The zero-order chi connectivity index (χ0) is 18.8. The van der Waals surface area contributed by atoms with Gasteiger partial charge in [0.15, 0.2) is 5.96 Å². The number of nitrogens with one attached hydrogen (secondary N) is 2. The highest BCUT2D eigenvalue weighted by atomic mass is 15.2. The lowest BCUT2D eigenvalue weighted by molar-refractivity contribution is 0.345. The van der Waals surface area contributed by atoms with Crippen molar-refractivity contribution >= 4 is 5.96 Å². The first-order chi connectivity index (χ1) is 12.6. The summed E-state index contributed by atoms with van der Waals surface area (Å²) in [6, 6.07) is 19.3. The zero-order valence-electron chi connectivity index (χ0n) is 16.5. The summed E-state index contributed by atoms with van der Waals surface area (Å²) in [4.78, 5) is 7.07. The minimum absolute atomic E-state index is 0.207. The summed E-state index contributed by atoms with van der Waals surface area (Å²) in [5.41, 5.74) is 3.82. The summed E-state index contributed by atoms with van der Waals surface area (Å²) in [5.74, 6) is 0.847. The van der Waals surface area contributed by atoms with E-state index in [-0.39, 0.29) is 6.04 Å². The standard InChI is InChI=1S/C22H32N4/c1-5-23-22(25-18(3)21-13-8-7-9-14-21)24-16-19-11-10-12-20(15-19)17-26(4)6-2/h7-15,18H,5-6,16-17H2,1-4H3,(H2,23,24,25). The maximum atomic E-state index is 4.77. The Morgan fingerprint density at radius 2 is 1.77 bits per heavy atom. The number of benzene rings is 2. The number of rotatable bonds is 8. The van der Waals surface area contributed by atoms with Gasteiger partial charge in [0.05, 0.1) is 12.6 Å². The molecular weight excluding hydrogens is 320 g/mol. The van der Waals surface area contributed by atoms with Crippen molar-refractivity contribution in [3.8, 4) is 0 Å². The van der Waals surface area contributed by atoms with Gasteiger partial charge >= 0.3 is 0 Å². The Labute approximate surface area is 158 Å². The fraction of sp³-hybridized carbons (Fsp3) is 0.409. The summed E-state index contributed by atoms with van der Waals surface area (Å²) in [7, 11) is 2.14. The van der Waals surface area contributed by atoms with Crippen LogP contribution in [0, 0.1) is 0 Å². The predicted molar refractivity (Wildman–Crippen MR) is 111 cm³/mol. The van der Waals surface area contributed by atoms with E-state index in [0.29, 0.717) is 6.54 Å². The van der Waals surface area contributed by atoms with E-state index in [4.69, 9.17) is 4.99 Å². The van der Waals surface area contributed by atoms with Crippen LogP contribution in [0.15, 0.2) is 59.6 Å². The Kier molecular flexibility index (Phi) is 8.16. The van der Waals surface area contributed by atoms with Crippen molar-refractivity contribution in [3.05, 3.63) is 71.3 Å². The Balaban J connectivity index is 2.03. The fourth-order valence-corrected chi connectivity index (χ4v) is 2.77. The second-order valence-electron chi connectivity index (χ2n) is 6.62. The summed E-state index contributed by atoms with van der Waals surface area (Å²) < 4.78 is 0. The molecule has 0 aliphatic rings. The van der Waals surface area contributed by atoms with Gasteiger partial charge in [0.1, 0.15) is 0 Å². The minimum atomic E-state index is 0.207. The summed E-state index contributed by atoms with van der Waals surface area (Å²) >= 11 is 0. The van der Waals surface area contributed by atoms with Crippen molar-refractivity contribution in [1.82, 2.24) is 15.5 Å². The lowest BCUT2D eigenvalue weighted by Gasteiger charge is -2.18. The first-order valence-electron chi connectivity index (χ1n) is 9.48. The molecule has 2 N–H and O–H groups in total. The Bertz CT molecular complexity index is 682. The molecule has 0 aliphatic heterocycles. The van der Waals surface area contributed by atoms with E-state index in [1.54, 1.807) is 0 Å². The van der Waals surface area contributed by atoms with Crippen LogP contribution in [-0.4, -0.2) is 31.0 Å². The number of nitrogens with zero attached hydrogens (tertiary/aromatic N) is 2. The zero-order valence-corrected chi connectivity index (χ0v) is 16.5. The van der Waals surface area contributed by atoms with Crippen molar-refractivity contribution in [2.24, 2.45) is 4.99 Å². The monoisotopic (exact) mass is 352 g/mol. The van der Waals surface area contributed by atoms with E-state index < -0.39 is 0 Å². The molecule has 2 rings (SSSR count). The molecule has 2 aromatic rings. The highest BCUT2D eigenvalue weighted by molar-refractivity contribution is 5.80. The second-order valence-corrected chi connectivity index (χ2v) is 6.62. The molecule has 0 amide bonds. The van der Waals surface area contributed by atoms with E-state index in [0.717, 1.165) is 25.6 Å². The molecule has 0 saturated heterocycles. The molecule has 26 heavy (non-hydrogen) atoms. The van der Waals surface area contributed by atoms with E-state index >= 15 is 0 Å². The summed E-state index contributed by atoms with van der Waals surface area (Å²) in [6.07, 6.45) is 0. The van der Waals surface area contributed by atoms with Crippen molar-refractivity contribution in [2.75, 3.05) is 20.1 Å². The van der Waals surface area contributed by atoms with Crippen LogP contribution in [0.25, 0.3) is 0 Å². The van der Waals surface area contributed by atoms with Crippen molar-refractivity contribution in [3.63, 3.8) is 0 Å². The highest BCUT2D eigenvalue weighted by Gasteiger charge is 2.07. The van der Waals surface area contributed by atoms with Crippen molar-refractivity contribution in [2.45, 2.75) is 39.9 Å². The van der Waals surface area contributed by atoms with Crippen LogP contribution in [0.4, 0.5) is 0 Å². The van der Waals surface area contributed by atoms with E-state index in [1.165, 1.54) is 16.7 Å². The molecule has 1 unspecified atom stereocenters. The van der Waals surface area contributed by atoms with Crippen LogP contribution in [0.1, 0.15) is 43.5 Å². The quantitative estimate of drug-likeness (QED) is 0.558. The third kappa shape index (κ3) is 6.52. The smallest absolute Gasteiger partial charge is 0.192 e. The van der Waals surface area contributed by atoms with Gasteiger partial charge in [0.2, 0.25) is 0 Å². The van der Waals surface area contributed by atoms with Crippen LogP contribution in [0.2, 0.25) is 0 Å². The lowest BCUT2D eigenvalue weighted by atomic mass is 10.1. The minimum Gasteiger partial charge on any atom is -0.357 e. The van der Waals surface area contributed by atoms with Crippen LogP contribution in [0.3, 0.4) is 0 Å². The number of hydrogen-bond acceptors (Lipinski definition) is 2. The van der Waals surface area contributed by atoms with Gasteiger partial charge in [-0.3, -0.25) is 0 Å². The normalized spacial score (nSPS) is 12.9. The van der Waals surface area contributed by atoms with Gasteiger partial charge in [-0.2, -0.15) is 0 Å². The molecule has 2 aromatic carbocycles. The predicted octanol–water partition coefficient (Wildman–Crippen LogP) is 3.95. The van der Waals surface area contributed by atoms with E-state index in [9.17, 15) is 0 Å². The Morgan fingerprint density at radius 3 is 2.46 bits per heavy atom. The SMILES string of the molecule is CCNC(=NCc1cccc(CN(C)CC)c1)NC(C)c1ccccc1. The Hall–Kier alpha value is -2.33. The van der Waals surface area contributed by atoms with Crippen LogP contribution < -0.4 is 10.6 Å². The number of hydrogen-bond donors (Lipinski definition) is 2. The van der Waals surface area contributed by atoms with Gasteiger partial charge < -0.3 is 15.5 Å². The molecule has 4 heteroatoms. The second kappa shape index (κ2) is 10.6. The van der Waals surface area contributed by atoms with Gasteiger partial charge in [0, 0.05) is 13.1 Å². The maximum Gasteiger partial charge on any atom is 0.192 e. The van der Waals surface area contributed by atoms with E-state index in [2.05, 4.69) is 91.9 Å². The van der Waals surface area contributed by atoms with Gasteiger partial charge in [-0.25, -0.2) is 4.99 Å². The first-order valence-corrected chi connectivity index (χ1v) is 9.48. The summed E-state index contributed by atoms with van der Waals surface area (Å²) in [5, 5.41) is 6.83. The van der Waals surface area contributed by atoms with Crippen molar-refractivity contribution in [1.29, 1.82) is 0 Å². The molecule has 1 atom stereocenters. The maximum absolute atomic E-state index is 4.77. The molecule has 0 aromatic heterocycles. The average molecular weight is 353 g/mol. The van der Waals surface area contributed by atoms with Crippen LogP contribution in [-0.2, 0) is 13.1 Å². The molecule has 0 radical (unpaired) electrons. The third-order valence-corrected chi connectivity index (χ3v) is 4.40. The van der Waals surface area contributed by atoms with E-state index in [1.807, 2.05) is 6.07 Å². The largest absolute Gasteiger partial charge is 0.357 e. The molecule has 0 spiro atoms. The van der Waals surface area contributed by atoms with Gasteiger partial charge in [-0.1, -0.05) is 61.5 Å². The van der Waals surface area contributed by atoms with Gasteiger partial charge in [-0.05, 0) is 44.1 Å². The molecule has 0 saturated carbocycles. The third-order valence-electron chi connectivity index (χ3n) is 4.40. The van der Waals surface area contributed by atoms with Gasteiger partial charge in [-0.15, -0.1) is 0 Å². The molecule has 140 valence electrons. The topological polar surface area (TPSA) is 39.7 Å². The first kappa shape index (κ1) is 20.0. The van der Waals surface area contributed by atoms with Crippen LogP contribution in [0.5, 0.6) is 0 Å². The molecule has 4 nitrogen and oxygen atoms in total. The molecule has 0 aliphatic carbocycles. The van der Waals surface area contributed by atoms with Crippen molar-refractivity contribution < 1.29 is 0 Å². The highest BCUT2D eigenvalue weighted by Crippen LogP contribution is 2.12. The fourth-order valence-electron chi connectivity index (χ4n) is 2.77. The number of guanidine groups is 1. The molecular formula is C22H32N4. The van der Waals surface area contributed by atoms with Crippen LogP contribution >= 0.6 is 0 Å². The molecule has 0 heterocycles. The number of aliphatic imine (C=N–C) groups is 1.